The molecule has 1 aromatic carbocycles. The van der Waals surface area contributed by atoms with Gasteiger partial charge in [0, 0.05) is 10.5 Å². The van der Waals surface area contributed by atoms with Crippen molar-refractivity contribution in [1.82, 2.24) is 9.97 Å². The molecule has 2 N–H and O–H groups in total. The maximum atomic E-state index is 13.2. The molecule has 6 nitrogen and oxygen atoms in total. The molecular weight excluding hydrogens is 419 g/mol. The predicted octanol–water partition coefficient (Wildman–Crippen LogP) is 4.32. The molecule has 0 radical (unpaired) electrons. The summed E-state index contributed by atoms with van der Waals surface area (Å²) in [5, 5.41) is 0. The summed E-state index contributed by atoms with van der Waals surface area (Å²) in [6.07, 6.45) is -3.74. The number of esters is 1. The van der Waals surface area contributed by atoms with Gasteiger partial charge in [-0.15, -0.1) is 0 Å². The van der Waals surface area contributed by atoms with Crippen LogP contribution in [0.5, 0.6) is 5.88 Å². The van der Waals surface area contributed by atoms with Gasteiger partial charge in [0.2, 0.25) is 23.2 Å². The second-order valence-electron chi connectivity index (χ2n) is 4.99. The van der Waals surface area contributed by atoms with Gasteiger partial charge in [0.05, 0.1) is 17.4 Å². The lowest BCUT2D eigenvalue weighted by atomic mass is 10.2. The van der Waals surface area contributed by atoms with E-state index in [0.29, 0.717) is 10.2 Å². The molecule has 0 unspecified atom stereocenters. The Balaban J connectivity index is 2.01. The molecule has 0 saturated heterocycles. The first kappa shape index (κ1) is 17.9. The van der Waals surface area contributed by atoms with E-state index < -0.39 is 23.6 Å². The number of nitrogens with two attached hydrogens (primary N) is 1. The Morgan fingerprint density at radius 2 is 1.92 bits per heavy atom. The Morgan fingerprint density at radius 3 is 2.54 bits per heavy atom. The van der Waals surface area contributed by atoms with E-state index in [2.05, 4.69) is 25.9 Å². The molecule has 0 amide bonds. The Labute approximate surface area is 152 Å². The number of rotatable bonds is 3. The van der Waals surface area contributed by atoms with Crippen LogP contribution in [0.3, 0.4) is 0 Å². The predicted molar refractivity (Wildman–Crippen MR) is 88.2 cm³/mol. The van der Waals surface area contributed by atoms with Gasteiger partial charge in [-0.05, 0) is 34.1 Å². The molecule has 0 aliphatic carbocycles. The molecule has 0 aliphatic heterocycles. The van der Waals surface area contributed by atoms with E-state index in [0.717, 1.165) is 0 Å². The molecule has 3 aromatic rings. The van der Waals surface area contributed by atoms with Crippen molar-refractivity contribution >= 4 is 27.6 Å². The van der Waals surface area contributed by atoms with Crippen molar-refractivity contribution in [3.05, 3.63) is 58.5 Å². The lowest BCUT2D eigenvalue weighted by molar-refractivity contribution is -0.153. The zero-order valence-electron chi connectivity index (χ0n) is 12.7. The van der Waals surface area contributed by atoms with Crippen LogP contribution in [0.4, 0.5) is 18.9 Å². The summed E-state index contributed by atoms with van der Waals surface area (Å²) >= 11 is 3.20. The number of benzene rings is 1. The van der Waals surface area contributed by atoms with Crippen LogP contribution in [0.25, 0.3) is 11.5 Å². The molecule has 10 heteroatoms. The van der Waals surface area contributed by atoms with Crippen LogP contribution >= 0.6 is 15.9 Å². The molecule has 134 valence electrons. The number of carbonyl (C=O) groups is 1. The second kappa shape index (κ2) is 6.79. The minimum absolute atomic E-state index is 0.220. The Kier molecular flexibility index (Phi) is 4.68. The van der Waals surface area contributed by atoms with Crippen molar-refractivity contribution in [3.8, 4) is 17.3 Å². The van der Waals surface area contributed by atoms with E-state index in [9.17, 15) is 18.0 Å². The molecule has 0 saturated carbocycles. The minimum atomic E-state index is -4.94. The third kappa shape index (κ3) is 3.69. The van der Waals surface area contributed by atoms with Gasteiger partial charge in [0.25, 0.3) is 0 Å². The number of aromatic nitrogens is 2. The number of alkyl halides is 3. The van der Waals surface area contributed by atoms with Gasteiger partial charge in [-0.1, -0.05) is 12.1 Å². The fourth-order valence-electron chi connectivity index (χ4n) is 2.00. The van der Waals surface area contributed by atoms with Gasteiger partial charge in [0.15, 0.2) is 0 Å². The smallest absolute Gasteiger partial charge is 0.431 e. The normalized spacial score (nSPS) is 11.4. The lowest BCUT2D eigenvalue weighted by Gasteiger charge is -2.05. The van der Waals surface area contributed by atoms with Crippen molar-refractivity contribution in [1.29, 1.82) is 0 Å². The Bertz CT molecular complexity index is 955. The highest BCUT2D eigenvalue weighted by Crippen LogP contribution is 2.37. The SMILES string of the molecule is Nc1ccc(OC(=O)c2nc(-c3ccccc3Br)oc2C(F)(F)F)nc1. The number of hydrogen-bond donors (Lipinski definition) is 1. The Hall–Kier alpha value is -2.88. The molecule has 0 atom stereocenters. The molecular formula is C16H9BrF3N3O3. The third-order valence-corrected chi connectivity index (χ3v) is 3.83. The maximum Gasteiger partial charge on any atom is 0.452 e. The second-order valence-corrected chi connectivity index (χ2v) is 5.85. The number of anilines is 1. The number of nitrogens with zero attached hydrogens (tertiary/aromatic N) is 2. The summed E-state index contributed by atoms with van der Waals surface area (Å²) in [6, 6.07) is 8.98. The third-order valence-electron chi connectivity index (χ3n) is 3.14. The van der Waals surface area contributed by atoms with Crippen molar-refractivity contribution < 1.29 is 27.1 Å². The number of halogens is 4. The monoisotopic (exact) mass is 427 g/mol. The van der Waals surface area contributed by atoms with Crippen LogP contribution < -0.4 is 10.5 Å². The van der Waals surface area contributed by atoms with E-state index in [1.807, 2.05) is 0 Å². The zero-order chi connectivity index (χ0) is 18.9. The average Bonchev–Trinajstić information content (AvgIpc) is 3.03. The first-order chi connectivity index (χ1) is 12.3. The van der Waals surface area contributed by atoms with Gasteiger partial charge in [-0.3, -0.25) is 0 Å². The Morgan fingerprint density at radius 1 is 1.19 bits per heavy atom. The average molecular weight is 428 g/mol. The highest BCUT2D eigenvalue weighted by Gasteiger charge is 2.42. The molecule has 2 aromatic heterocycles. The first-order valence-corrected chi connectivity index (χ1v) is 7.81. The standard InChI is InChI=1S/C16H9BrF3N3O3/c17-10-4-2-1-3-9(10)14-23-12(13(26-14)16(18,19)20)15(24)25-11-6-5-8(21)7-22-11/h1-7H,21H2. The summed E-state index contributed by atoms with van der Waals surface area (Å²) in [7, 11) is 0. The van der Waals surface area contributed by atoms with E-state index >= 15 is 0 Å². The summed E-state index contributed by atoms with van der Waals surface area (Å²) in [6.45, 7) is 0. The zero-order valence-corrected chi connectivity index (χ0v) is 14.3. The lowest BCUT2D eigenvalue weighted by Crippen LogP contribution is -2.16. The van der Waals surface area contributed by atoms with Gasteiger partial charge in [-0.25, -0.2) is 14.8 Å². The van der Waals surface area contributed by atoms with Gasteiger partial charge >= 0.3 is 12.1 Å². The topological polar surface area (TPSA) is 91.2 Å². The van der Waals surface area contributed by atoms with Crippen LogP contribution in [0.2, 0.25) is 0 Å². The van der Waals surface area contributed by atoms with Crippen molar-refractivity contribution in [3.63, 3.8) is 0 Å². The highest BCUT2D eigenvalue weighted by atomic mass is 79.9. The highest BCUT2D eigenvalue weighted by molar-refractivity contribution is 9.10. The van der Waals surface area contributed by atoms with Crippen LogP contribution in [0.15, 0.2) is 51.5 Å². The fourth-order valence-corrected chi connectivity index (χ4v) is 2.45. The number of pyridine rings is 1. The van der Waals surface area contributed by atoms with Crippen LogP contribution in [0.1, 0.15) is 16.2 Å². The molecule has 26 heavy (non-hydrogen) atoms. The summed E-state index contributed by atoms with van der Waals surface area (Å²) < 4.78 is 49.8. The van der Waals surface area contributed by atoms with Gasteiger partial charge < -0.3 is 14.9 Å². The molecule has 0 bridgehead atoms. The van der Waals surface area contributed by atoms with Crippen LogP contribution in [0, 0.1) is 0 Å². The van der Waals surface area contributed by atoms with Crippen molar-refractivity contribution in [2.24, 2.45) is 0 Å². The van der Waals surface area contributed by atoms with E-state index in [1.54, 1.807) is 18.2 Å². The summed E-state index contributed by atoms with van der Waals surface area (Å²) in [5.74, 6) is -3.50. The van der Waals surface area contributed by atoms with Gasteiger partial charge in [-0.2, -0.15) is 13.2 Å². The molecule has 2 heterocycles. The van der Waals surface area contributed by atoms with E-state index in [1.165, 1.54) is 24.4 Å². The number of ether oxygens (including phenoxy) is 1. The van der Waals surface area contributed by atoms with Crippen molar-refractivity contribution in [2.45, 2.75) is 6.18 Å². The summed E-state index contributed by atoms with van der Waals surface area (Å²) in [4.78, 5) is 19.5. The van der Waals surface area contributed by atoms with E-state index in [-0.39, 0.29) is 17.3 Å². The van der Waals surface area contributed by atoms with Crippen molar-refractivity contribution in [2.75, 3.05) is 5.73 Å². The number of hydrogen-bond acceptors (Lipinski definition) is 6. The van der Waals surface area contributed by atoms with E-state index in [4.69, 9.17) is 14.9 Å². The first-order valence-electron chi connectivity index (χ1n) is 7.02. The largest absolute Gasteiger partial charge is 0.452 e. The summed E-state index contributed by atoms with van der Waals surface area (Å²) in [5.41, 5.74) is 5.01. The molecule has 3 rings (SSSR count). The number of carbonyl (C=O) groups excluding carboxylic acids is 1. The quantitative estimate of drug-likeness (QED) is 0.625. The van der Waals surface area contributed by atoms with Gasteiger partial charge in [0.1, 0.15) is 0 Å². The fraction of sp³-hybridized carbons (Fsp3) is 0.0625. The molecule has 0 spiro atoms. The minimum Gasteiger partial charge on any atom is -0.431 e. The van der Waals surface area contributed by atoms with Crippen LogP contribution in [-0.4, -0.2) is 15.9 Å². The number of oxazole rings is 1. The molecule has 0 aliphatic rings. The molecule has 0 fully saturated rings. The van der Waals surface area contributed by atoms with Crippen LogP contribution in [-0.2, 0) is 6.18 Å². The number of nitrogen functional groups attached to an aromatic ring is 1. The maximum absolute atomic E-state index is 13.2.